The fraction of sp³-hybridized carbons (Fsp3) is 0.312. The summed E-state index contributed by atoms with van der Waals surface area (Å²) in [6.07, 6.45) is 4.71. The van der Waals surface area contributed by atoms with Gasteiger partial charge in [0.2, 0.25) is 5.91 Å². The van der Waals surface area contributed by atoms with Crippen LogP contribution in [0.4, 0.5) is 4.79 Å². The molecule has 3 rings (SSSR count). The molecule has 1 N–H and O–H groups in total. The lowest BCUT2D eigenvalue weighted by Gasteiger charge is -2.33. The second-order valence-corrected chi connectivity index (χ2v) is 5.46. The standard InChI is InChI=1S/C16H18N4O3/c21-15(18-7-9-19(10-8-18)16(22)23)11-13-1-3-14(4-2-13)20-6-5-17-12-20/h1-6,12H,7-11H2,(H,22,23). The number of carboxylic acid groups (broad SMARTS) is 1. The lowest BCUT2D eigenvalue weighted by Crippen LogP contribution is -2.50. The number of imidazole rings is 1. The number of benzene rings is 1. The molecule has 7 nitrogen and oxygen atoms in total. The Kier molecular flexibility index (Phi) is 4.27. The first-order chi connectivity index (χ1) is 11.1. The number of amides is 2. The summed E-state index contributed by atoms with van der Waals surface area (Å²) in [7, 11) is 0. The summed E-state index contributed by atoms with van der Waals surface area (Å²) in [5.41, 5.74) is 1.94. The van der Waals surface area contributed by atoms with Crippen LogP contribution in [0.5, 0.6) is 0 Å². The van der Waals surface area contributed by atoms with Gasteiger partial charge in [-0.2, -0.15) is 0 Å². The minimum absolute atomic E-state index is 0.0328. The van der Waals surface area contributed by atoms with Crippen LogP contribution in [0.15, 0.2) is 43.0 Å². The molecule has 7 heteroatoms. The third kappa shape index (κ3) is 3.50. The Labute approximate surface area is 133 Å². The molecular formula is C16H18N4O3. The van der Waals surface area contributed by atoms with Gasteiger partial charge < -0.3 is 19.5 Å². The van der Waals surface area contributed by atoms with E-state index >= 15 is 0 Å². The number of rotatable bonds is 3. The second kappa shape index (κ2) is 6.51. The van der Waals surface area contributed by atoms with Crippen molar-refractivity contribution < 1.29 is 14.7 Å². The first kappa shape index (κ1) is 15.1. The Hall–Kier alpha value is -2.83. The molecule has 120 valence electrons. The minimum Gasteiger partial charge on any atom is -0.465 e. The van der Waals surface area contributed by atoms with Crippen LogP contribution in [-0.4, -0.2) is 62.6 Å². The van der Waals surface area contributed by atoms with Crippen molar-refractivity contribution in [3.63, 3.8) is 0 Å². The maximum Gasteiger partial charge on any atom is 0.407 e. The summed E-state index contributed by atoms with van der Waals surface area (Å²) < 4.78 is 1.90. The van der Waals surface area contributed by atoms with Gasteiger partial charge in [-0.1, -0.05) is 12.1 Å². The molecule has 1 aliphatic heterocycles. The smallest absolute Gasteiger partial charge is 0.407 e. The highest BCUT2D eigenvalue weighted by Crippen LogP contribution is 2.11. The number of carbonyl (C=O) groups excluding carboxylic acids is 1. The van der Waals surface area contributed by atoms with E-state index in [2.05, 4.69) is 4.98 Å². The third-order valence-corrected chi connectivity index (χ3v) is 4.00. The Morgan fingerprint density at radius 2 is 1.70 bits per heavy atom. The van der Waals surface area contributed by atoms with E-state index in [0.29, 0.717) is 32.6 Å². The number of aromatic nitrogens is 2. The van der Waals surface area contributed by atoms with Crippen molar-refractivity contribution in [1.29, 1.82) is 0 Å². The van der Waals surface area contributed by atoms with Gasteiger partial charge in [0.1, 0.15) is 0 Å². The lowest BCUT2D eigenvalue weighted by molar-refractivity contribution is -0.132. The van der Waals surface area contributed by atoms with Crippen molar-refractivity contribution in [1.82, 2.24) is 19.4 Å². The fourth-order valence-corrected chi connectivity index (χ4v) is 2.63. The van der Waals surface area contributed by atoms with Gasteiger partial charge in [0.25, 0.3) is 0 Å². The largest absolute Gasteiger partial charge is 0.465 e. The Bertz CT molecular complexity index is 674. The van der Waals surface area contributed by atoms with E-state index in [9.17, 15) is 9.59 Å². The molecule has 1 aromatic carbocycles. The summed E-state index contributed by atoms with van der Waals surface area (Å²) >= 11 is 0. The van der Waals surface area contributed by atoms with Crippen LogP contribution in [0.2, 0.25) is 0 Å². The number of hydrogen-bond donors (Lipinski definition) is 1. The number of piperazine rings is 1. The maximum absolute atomic E-state index is 12.3. The molecule has 0 bridgehead atoms. The Morgan fingerprint density at radius 1 is 1.04 bits per heavy atom. The van der Waals surface area contributed by atoms with Crippen LogP contribution in [0.25, 0.3) is 5.69 Å². The molecule has 0 atom stereocenters. The molecule has 1 aromatic heterocycles. The van der Waals surface area contributed by atoms with Crippen molar-refractivity contribution in [3.8, 4) is 5.69 Å². The normalized spacial score (nSPS) is 14.8. The zero-order chi connectivity index (χ0) is 16.2. The molecule has 2 heterocycles. The maximum atomic E-state index is 12.3. The SMILES string of the molecule is O=C(O)N1CCN(C(=O)Cc2ccc(-n3ccnc3)cc2)CC1. The molecule has 2 aromatic rings. The number of carbonyl (C=O) groups is 2. The molecule has 23 heavy (non-hydrogen) atoms. The molecule has 1 saturated heterocycles. The van der Waals surface area contributed by atoms with Gasteiger partial charge in [-0.05, 0) is 17.7 Å². The first-order valence-corrected chi connectivity index (χ1v) is 7.46. The van der Waals surface area contributed by atoms with E-state index < -0.39 is 6.09 Å². The highest BCUT2D eigenvalue weighted by Gasteiger charge is 2.23. The van der Waals surface area contributed by atoms with Crippen LogP contribution in [0.3, 0.4) is 0 Å². The Morgan fingerprint density at radius 3 is 2.26 bits per heavy atom. The minimum atomic E-state index is -0.924. The van der Waals surface area contributed by atoms with Gasteiger partial charge in [0.05, 0.1) is 12.7 Å². The lowest BCUT2D eigenvalue weighted by atomic mass is 10.1. The van der Waals surface area contributed by atoms with Crippen LogP contribution >= 0.6 is 0 Å². The van der Waals surface area contributed by atoms with Gasteiger partial charge in [0.15, 0.2) is 0 Å². The molecule has 0 radical (unpaired) electrons. The molecule has 2 amide bonds. The first-order valence-electron chi connectivity index (χ1n) is 7.46. The van der Waals surface area contributed by atoms with Crippen molar-refractivity contribution in [2.24, 2.45) is 0 Å². The average Bonchev–Trinajstić information content (AvgIpc) is 3.10. The van der Waals surface area contributed by atoms with E-state index in [1.165, 1.54) is 4.90 Å². The summed E-state index contributed by atoms with van der Waals surface area (Å²) in [4.78, 5) is 30.2. The predicted molar refractivity (Wildman–Crippen MR) is 83.4 cm³/mol. The molecule has 0 saturated carbocycles. The molecule has 0 aliphatic carbocycles. The van der Waals surface area contributed by atoms with Gasteiger partial charge in [-0.3, -0.25) is 4.79 Å². The molecule has 1 fully saturated rings. The summed E-state index contributed by atoms with van der Waals surface area (Å²) in [6, 6.07) is 7.76. The average molecular weight is 314 g/mol. The van der Waals surface area contributed by atoms with Crippen molar-refractivity contribution in [2.45, 2.75) is 6.42 Å². The zero-order valence-corrected chi connectivity index (χ0v) is 12.6. The molecule has 1 aliphatic rings. The summed E-state index contributed by atoms with van der Waals surface area (Å²) in [6.45, 7) is 1.66. The van der Waals surface area contributed by atoms with Gasteiger partial charge in [0, 0.05) is 44.3 Å². The quantitative estimate of drug-likeness (QED) is 0.924. The monoisotopic (exact) mass is 314 g/mol. The van der Waals surface area contributed by atoms with E-state index in [1.54, 1.807) is 17.4 Å². The highest BCUT2D eigenvalue weighted by molar-refractivity contribution is 5.79. The summed E-state index contributed by atoms with van der Waals surface area (Å²) in [5, 5.41) is 8.92. The molecule has 0 unspecified atom stereocenters. The van der Waals surface area contributed by atoms with E-state index in [-0.39, 0.29) is 5.91 Å². The van der Waals surface area contributed by atoms with Crippen molar-refractivity contribution >= 4 is 12.0 Å². The van der Waals surface area contributed by atoms with Crippen LogP contribution in [0, 0.1) is 0 Å². The van der Waals surface area contributed by atoms with Gasteiger partial charge in [-0.15, -0.1) is 0 Å². The molecular weight excluding hydrogens is 296 g/mol. The third-order valence-electron chi connectivity index (χ3n) is 4.00. The predicted octanol–water partition coefficient (Wildman–Crippen LogP) is 1.24. The van der Waals surface area contributed by atoms with Gasteiger partial charge in [-0.25, -0.2) is 9.78 Å². The highest BCUT2D eigenvalue weighted by atomic mass is 16.4. The van der Waals surface area contributed by atoms with Crippen molar-refractivity contribution in [3.05, 3.63) is 48.5 Å². The van der Waals surface area contributed by atoms with Crippen molar-refractivity contribution in [2.75, 3.05) is 26.2 Å². The van der Waals surface area contributed by atoms with Crippen LogP contribution in [0.1, 0.15) is 5.56 Å². The van der Waals surface area contributed by atoms with E-state index in [1.807, 2.05) is 35.0 Å². The second-order valence-electron chi connectivity index (χ2n) is 5.46. The summed E-state index contributed by atoms with van der Waals surface area (Å²) in [5.74, 6) is 0.0328. The fourth-order valence-electron chi connectivity index (χ4n) is 2.63. The van der Waals surface area contributed by atoms with Gasteiger partial charge >= 0.3 is 6.09 Å². The van der Waals surface area contributed by atoms with Crippen LogP contribution < -0.4 is 0 Å². The Balaban J connectivity index is 1.57. The number of nitrogens with zero attached hydrogens (tertiary/aromatic N) is 4. The zero-order valence-electron chi connectivity index (χ0n) is 12.6. The van der Waals surface area contributed by atoms with Crippen LogP contribution in [-0.2, 0) is 11.2 Å². The number of hydrogen-bond acceptors (Lipinski definition) is 3. The molecule has 0 spiro atoms. The van der Waals surface area contributed by atoms with E-state index in [4.69, 9.17) is 5.11 Å². The topological polar surface area (TPSA) is 78.7 Å². The van der Waals surface area contributed by atoms with E-state index in [0.717, 1.165) is 11.3 Å².